The van der Waals surface area contributed by atoms with Gasteiger partial charge in [-0.05, 0) is 63.9 Å². The quantitative estimate of drug-likeness (QED) is 0.716. The first-order valence-corrected chi connectivity index (χ1v) is 8.11. The van der Waals surface area contributed by atoms with Crippen LogP contribution < -0.4 is 4.74 Å². The van der Waals surface area contributed by atoms with E-state index in [1.807, 2.05) is 6.92 Å². The molecule has 0 radical (unpaired) electrons. The van der Waals surface area contributed by atoms with Gasteiger partial charge in [0.1, 0.15) is 17.1 Å². The Morgan fingerprint density at radius 1 is 1.52 bits per heavy atom. The number of fused-ring (bicyclic) bond motifs is 3. The van der Waals surface area contributed by atoms with Gasteiger partial charge in [-0.2, -0.15) is 0 Å². The Labute approximate surface area is 154 Å². The predicted molar refractivity (Wildman–Crippen MR) is 95.3 cm³/mol. The zero-order valence-corrected chi connectivity index (χ0v) is 13.8. The third kappa shape index (κ3) is 3.13. The fourth-order valence-electron chi connectivity index (χ4n) is 3.15. The topological polar surface area (TPSA) is 29.5 Å². The third-order valence-corrected chi connectivity index (χ3v) is 4.44. The Balaban J connectivity index is 2.39. The van der Waals surface area contributed by atoms with Crippen LogP contribution in [-0.4, -0.2) is 10.7 Å². The molecule has 23 heavy (non-hydrogen) atoms. The number of phenols is 1. The summed E-state index contributed by atoms with van der Waals surface area (Å²) in [5.74, 6) is -3.93. The van der Waals surface area contributed by atoms with Gasteiger partial charge >= 0.3 is 0 Å². The van der Waals surface area contributed by atoms with Crippen LogP contribution >= 0.6 is 0 Å². The molecule has 0 saturated heterocycles. The zero-order chi connectivity index (χ0) is 25.4. The predicted octanol–water partition coefficient (Wildman–Crippen LogP) is 5.74. The maximum absolute atomic E-state index is 11.0. The van der Waals surface area contributed by atoms with Crippen molar-refractivity contribution in [3.8, 4) is 11.5 Å². The lowest BCUT2D eigenvalue weighted by atomic mass is 9.68. The van der Waals surface area contributed by atoms with Crippen LogP contribution in [0.2, 0.25) is 0 Å². The summed E-state index contributed by atoms with van der Waals surface area (Å²) in [6.45, 7) is 2.26. The Morgan fingerprint density at radius 3 is 3.09 bits per heavy atom. The first kappa shape index (κ1) is 8.09. The maximum atomic E-state index is 11.0. The van der Waals surface area contributed by atoms with Gasteiger partial charge in [0.25, 0.3) is 0 Å². The molecule has 0 aromatic heterocycles. The van der Waals surface area contributed by atoms with E-state index in [4.69, 9.17) is 17.1 Å². The van der Waals surface area contributed by atoms with Crippen molar-refractivity contribution in [1.82, 2.24) is 0 Å². The van der Waals surface area contributed by atoms with E-state index in [9.17, 15) is 6.48 Å². The molecular weight excluding hydrogens is 284 g/mol. The molecule has 1 aromatic rings. The van der Waals surface area contributed by atoms with Gasteiger partial charge in [0.2, 0.25) is 0 Å². The highest BCUT2D eigenvalue weighted by Gasteiger charge is 2.45. The molecule has 0 spiro atoms. The van der Waals surface area contributed by atoms with Gasteiger partial charge < -0.3 is 9.84 Å². The number of benzene rings is 1. The van der Waals surface area contributed by atoms with Crippen molar-refractivity contribution in [2.75, 3.05) is 0 Å². The van der Waals surface area contributed by atoms with E-state index in [0.29, 0.717) is 12.8 Å². The Hall–Kier alpha value is -1.44. The maximum Gasteiger partial charge on any atom is 0.127 e. The molecule has 2 atom stereocenters. The summed E-state index contributed by atoms with van der Waals surface area (Å²) in [5, 5.41) is 11.0. The number of unbranched alkanes of at least 4 members (excludes halogenated alkanes) is 1. The lowest BCUT2D eigenvalue weighted by Gasteiger charge is -2.46. The summed E-state index contributed by atoms with van der Waals surface area (Å²) < 4.78 is 89.4. The van der Waals surface area contributed by atoms with Crippen molar-refractivity contribution in [3.63, 3.8) is 0 Å². The van der Waals surface area contributed by atoms with Crippen LogP contribution in [0.5, 0.6) is 11.5 Å². The zero-order valence-electron chi connectivity index (χ0n) is 23.8. The molecular formula is C21H30O2. The second-order valence-electron chi connectivity index (χ2n) is 6.61. The van der Waals surface area contributed by atoms with Crippen molar-refractivity contribution in [1.29, 1.82) is 0 Å². The average molecular weight is 325 g/mol. The molecule has 1 aliphatic heterocycles. The van der Waals surface area contributed by atoms with Crippen LogP contribution in [0.1, 0.15) is 90.4 Å². The molecule has 1 heterocycles. The molecule has 0 unspecified atom stereocenters. The second-order valence-corrected chi connectivity index (χ2v) is 6.61. The summed E-state index contributed by atoms with van der Waals surface area (Å²) in [6.07, 6.45) is -2.50. The molecule has 126 valence electrons. The molecule has 0 saturated carbocycles. The highest BCUT2D eigenvalue weighted by molar-refractivity contribution is 5.53. The number of rotatable bonds is 4. The van der Waals surface area contributed by atoms with Crippen LogP contribution in [0.15, 0.2) is 23.7 Å². The van der Waals surface area contributed by atoms with Crippen molar-refractivity contribution in [3.05, 3.63) is 34.9 Å². The Kier molecular flexibility index (Phi) is 2.19. The molecule has 3 rings (SSSR count). The fourth-order valence-corrected chi connectivity index (χ4v) is 3.15. The van der Waals surface area contributed by atoms with Crippen LogP contribution in [0, 0.1) is 5.92 Å². The fraction of sp³-hybridized carbons (Fsp3) is 0.619. The average Bonchev–Trinajstić information content (AvgIpc) is 2.64. The van der Waals surface area contributed by atoms with Crippen LogP contribution in [0.3, 0.4) is 0 Å². The number of phenolic OH excluding ortho intramolecular Hbond substituents is 1. The molecule has 1 aromatic carbocycles. The summed E-state index contributed by atoms with van der Waals surface area (Å²) in [5.41, 5.74) is -2.42. The largest absolute Gasteiger partial charge is 0.507 e. The smallest absolute Gasteiger partial charge is 0.127 e. The van der Waals surface area contributed by atoms with Gasteiger partial charge in [-0.15, -0.1) is 0 Å². The van der Waals surface area contributed by atoms with E-state index in [2.05, 4.69) is 0 Å². The number of hydrogen-bond donors (Lipinski definition) is 1. The van der Waals surface area contributed by atoms with Gasteiger partial charge in [0.15, 0.2) is 0 Å². The van der Waals surface area contributed by atoms with E-state index in [1.54, 1.807) is 13.8 Å². The second kappa shape index (κ2) is 6.22. The SMILES string of the molecule is [2H]c1c(O)c2c(c([2H])c1C([2H])([2H])CCCC)OC(C)(C)[C@@H]1CC([2H])([2H])C(C([2H])([2H])[2H])=C[C@@]21[2H]. The van der Waals surface area contributed by atoms with Crippen molar-refractivity contribution < 1.29 is 23.6 Å². The minimum atomic E-state index is -2.83. The van der Waals surface area contributed by atoms with E-state index in [-0.39, 0.29) is 29.7 Å². The highest BCUT2D eigenvalue weighted by atomic mass is 16.5. The van der Waals surface area contributed by atoms with Crippen molar-refractivity contribution in [2.45, 2.75) is 77.5 Å². The third-order valence-electron chi connectivity index (χ3n) is 4.44. The number of aromatic hydroxyl groups is 1. The lowest BCUT2D eigenvalue weighted by molar-refractivity contribution is 0.0107. The molecule has 1 N–H and O–H groups in total. The van der Waals surface area contributed by atoms with E-state index < -0.39 is 60.4 Å². The van der Waals surface area contributed by atoms with Gasteiger partial charge in [-0.3, -0.25) is 0 Å². The first-order valence-electron chi connectivity index (χ1n) is 13.1. The lowest BCUT2D eigenvalue weighted by Crippen LogP contribution is -2.45. The normalized spacial score (nSPS) is 38.0. The standard InChI is InChI=1S/C21H30O2/c1-5-6-7-8-15-12-18(22)20-16-11-14(2)9-10-17(16)21(3,4)23-19(20)13-15/h11-13,16-17,22H,5-10H2,1-4H3/t16-,17-/m1/s1/i2D3,8D2,9D2,12D,13D,16D. The number of allylic oxidation sites excluding steroid dienone is 2. The van der Waals surface area contributed by atoms with Crippen LogP contribution in [-0.2, 0) is 6.37 Å². The van der Waals surface area contributed by atoms with Crippen molar-refractivity contribution in [2.24, 2.45) is 5.92 Å². The molecule has 2 nitrogen and oxygen atoms in total. The molecule has 2 aliphatic rings. The first-order chi connectivity index (χ1) is 14.8. The molecule has 0 fully saturated rings. The molecule has 1 aliphatic carbocycles. The number of hydrogen-bond acceptors (Lipinski definition) is 2. The minimum Gasteiger partial charge on any atom is -0.507 e. The molecule has 2 heteroatoms. The summed E-state index contributed by atoms with van der Waals surface area (Å²) in [6, 6.07) is -1.09. The monoisotopic (exact) mass is 324 g/mol. The summed E-state index contributed by atoms with van der Waals surface area (Å²) in [4.78, 5) is 0. The van der Waals surface area contributed by atoms with Gasteiger partial charge in [-0.25, -0.2) is 0 Å². The van der Waals surface area contributed by atoms with Crippen LogP contribution in [0.25, 0.3) is 0 Å². The van der Waals surface area contributed by atoms with E-state index >= 15 is 0 Å². The van der Waals surface area contributed by atoms with Gasteiger partial charge in [-0.1, -0.05) is 31.4 Å². The highest BCUT2D eigenvalue weighted by Crippen LogP contribution is 2.53. The van der Waals surface area contributed by atoms with Gasteiger partial charge in [0, 0.05) is 28.3 Å². The van der Waals surface area contributed by atoms with Crippen molar-refractivity contribution >= 4 is 0 Å². The number of ether oxygens (including phenoxy) is 1. The molecule has 0 bridgehead atoms. The summed E-state index contributed by atoms with van der Waals surface area (Å²) in [7, 11) is 0. The Bertz CT molecular complexity index is 996. The minimum absolute atomic E-state index is 0.0286. The summed E-state index contributed by atoms with van der Waals surface area (Å²) >= 11 is 0. The molecule has 0 amide bonds. The Morgan fingerprint density at radius 2 is 2.35 bits per heavy atom. The van der Waals surface area contributed by atoms with Crippen LogP contribution in [0.4, 0.5) is 0 Å². The van der Waals surface area contributed by atoms with Gasteiger partial charge in [0.05, 0.1) is 2.74 Å². The van der Waals surface area contributed by atoms with E-state index in [0.717, 1.165) is 6.08 Å². The van der Waals surface area contributed by atoms with E-state index in [1.165, 1.54) is 0 Å².